The lowest BCUT2D eigenvalue weighted by atomic mass is 10.2. The first-order valence-electron chi connectivity index (χ1n) is 8.08. The summed E-state index contributed by atoms with van der Waals surface area (Å²) in [7, 11) is 1.73. The summed E-state index contributed by atoms with van der Waals surface area (Å²) < 4.78 is 0. The minimum Gasteiger partial charge on any atom is -0.356 e. The molecule has 0 unspecified atom stereocenters. The van der Waals surface area contributed by atoms with Gasteiger partial charge in [-0.2, -0.15) is 11.8 Å². The van der Waals surface area contributed by atoms with Gasteiger partial charge in [0.25, 0.3) is 0 Å². The Morgan fingerprint density at radius 3 is 2.91 bits per heavy atom. The molecule has 0 aliphatic carbocycles. The molecule has 1 aliphatic rings. The van der Waals surface area contributed by atoms with E-state index in [0.29, 0.717) is 5.96 Å². The fourth-order valence-electron chi connectivity index (χ4n) is 2.65. The van der Waals surface area contributed by atoms with Crippen molar-refractivity contribution in [1.29, 1.82) is 0 Å². The Bertz CT molecular complexity index is 547. The highest BCUT2D eigenvalue weighted by molar-refractivity contribution is 7.98. The Morgan fingerprint density at radius 2 is 2.13 bits per heavy atom. The first kappa shape index (κ1) is 17.7. The van der Waals surface area contributed by atoms with Crippen LogP contribution in [0.25, 0.3) is 0 Å². The number of amides is 1. The van der Waals surface area contributed by atoms with Crippen molar-refractivity contribution in [3.63, 3.8) is 0 Å². The van der Waals surface area contributed by atoms with E-state index < -0.39 is 0 Å². The van der Waals surface area contributed by atoms with Gasteiger partial charge in [-0.05, 0) is 42.9 Å². The van der Waals surface area contributed by atoms with Gasteiger partial charge in [0.2, 0.25) is 5.91 Å². The molecule has 0 bridgehead atoms. The summed E-state index contributed by atoms with van der Waals surface area (Å²) in [6, 6.07) is 8.10. The van der Waals surface area contributed by atoms with Gasteiger partial charge in [0.15, 0.2) is 5.96 Å². The van der Waals surface area contributed by atoms with Crippen LogP contribution in [0.3, 0.4) is 0 Å². The zero-order valence-electron chi connectivity index (χ0n) is 14.0. The summed E-state index contributed by atoms with van der Waals surface area (Å²) in [5.41, 5.74) is 2.29. The number of rotatable bonds is 7. The molecule has 1 heterocycles. The third-order valence-corrected chi connectivity index (χ3v) is 4.58. The van der Waals surface area contributed by atoms with E-state index in [2.05, 4.69) is 27.9 Å². The van der Waals surface area contributed by atoms with Crippen LogP contribution in [0.1, 0.15) is 18.4 Å². The van der Waals surface area contributed by atoms with E-state index in [0.717, 1.165) is 31.6 Å². The van der Waals surface area contributed by atoms with Gasteiger partial charge in [-0.15, -0.1) is 0 Å². The van der Waals surface area contributed by atoms with Gasteiger partial charge >= 0.3 is 0 Å². The van der Waals surface area contributed by atoms with Gasteiger partial charge in [0, 0.05) is 25.8 Å². The van der Waals surface area contributed by atoms with Crippen LogP contribution >= 0.6 is 11.8 Å². The van der Waals surface area contributed by atoms with Gasteiger partial charge in [-0.1, -0.05) is 18.2 Å². The first-order chi connectivity index (χ1) is 11.3. The fraction of sp³-hybridized carbons (Fsp3) is 0.529. The minimum absolute atomic E-state index is 0.0836. The van der Waals surface area contributed by atoms with E-state index in [1.54, 1.807) is 7.05 Å². The number of nitrogens with one attached hydrogen (secondary N) is 2. The van der Waals surface area contributed by atoms with E-state index >= 15 is 0 Å². The molecule has 0 saturated heterocycles. The maximum Gasteiger partial charge on any atom is 0.246 e. The number of hydrogen-bond donors (Lipinski definition) is 2. The van der Waals surface area contributed by atoms with Crippen LogP contribution < -0.4 is 15.5 Å². The molecule has 1 aromatic rings. The minimum atomic E-state index is 0.0836. The fourth-order valence-corrected chi connectivity index (χ4v) is 3.14. The van der Waals surface area contributed by atoms with Crippen molar-refractivity contribution in [2.75, 3.05) is 43.6 Å². The monoisotopic (exact) mass is 334 g/mol. The van der Waals surface area contributed by atoms with Crippen molar-refractivity contribution in [1.82, 2.24) is 10.6 Å². The van der Waals surface area contributed by atoms with Crippen molar-refractivity contribution in [3.05, 3.63) is 29.8 Å². The number of guanidine groups is 1. The lowest BCUT2D eigenvalue weighted by Crippen LogP contribution is -2.44. The average molecular weight is 334 g/mol. The molecule has 5 nitrogen and oxygen atoms in total. The number of anilines is 1. The van der Waals surface area contributed by atoms with Crippen LogP contribution in [-0.2, 0) is 11.2 Å². The number of carbonyl (C=O) groups is 1. The summed E-state index contributed by atoms with van der Waals surface area (Å²) in [5, 5.41) is 6.36. The van der Waals surface area contributed by atoms with Crippen molar-refractivity contribution < 1.29 is 4.79 Å². The highest BCUT2D eigenvalue weighted by Gasteiger charge is 2.23. The standard InChI is InChI=1S/C17H26N4OS/c1-18-17(19-10-5-6-12-23-2)20-13-16(22)21-11-9-14-7-3-4-8-15(14)21/h3-4,7-8H,5-6,9-13H2,1-2H3,(H2,18,19,20). The number of thioether (sulfide) groups is 1. The second kappa shape index (κ2) is 9.45. The Kier molecular flexibility index (Phi) is 7.26. The summed E-state index contributed by atoms with van der Waals surface area (Å²) >= 11 is 1.87. The van der Waals surface area contributed by atoms with E-state index in [9.17, 15) is 4.79 Å². The largest absolute Gasteiger partial charge is 0.356 e. The predicted octanol–water partition coefficient (Wildman–Crippen LogP) is 1.88. The molecule has 6 heteroatoms. The van der Waals surface area contributed by atoms with Crippen molar-refractivity contribution in [3.8, 4) is 0 Å². The smallest absolute Gasteiger partial charge is 0.246 e. The topological polar surface area (TPSA) is 56.7 Å². The number of hydrogen-bond acceptors (Lipinski definition) is 3. The lowest BCUT2D eigenvalue weighted by molar-refractivity contribution is -0.117. The summed E-state index contributed by atoms with van der Waals surface area (Å²) in [5.74, 6) is 1.95. The molecule has 126 valence electrons. The molecule has 0 spiro atoms. The summed E-state index contributed by atoms with van der Waals surface area (Å²) in [6.07, 6.45) is 5.35. The van der Waals surface area contributed by atoms with E-state index in [1.807, 2.05) is 34.9 Å². The Morgan fingerprint density at radius 1 is 1.30 bits per heavy atom. The second-order valence-electron chi connectivity index (χ2n) is 5.48. The number of benzene rings is 1. The molecule has 0 fully saturated rings. The van der Waals surface area contributed by atoms with Crippen LogP contribution in [0.4, 0.5) is 5.69 Å². The van der Waals surface area contributed by atoms with Crippen LogP contribution in [0.2, 0.25) is 0 Å². The van der Waals surface area contributed by atoms with Crippen molar-refractivity contribution in [2.45, 2.75) is 19.3 Å². The number of nitrogens with zero attached hydrogens (tertiary/aromatic N) is 2. The first-order valence-corrected chi connectivity index (χ1v) is 9.47. The normalized spacial score (nSPS) is 13.8. The second-order valence-corrected chi connectivity index (χ2v) is 6.46. The van der Waals surface area contributed by atoms with E-state index in [1.165, 1.54) is 17.7 Å². The average Bonchev–Trinajstić information content (AvgIpc) is 3.01. The summed E-state index contributed by atoms with van der Waals surface area (Å²) in [6.45, 7) is 1.90. The van der Waals surface area contributed by atoms with E-state index in [-0.39, 0.29) is 12.5 Å². The molecule has 0 saturated carbocycles. The van der Waals surface area contributed by atoms with E-state index in [4.69, 9.17) is 0 Å². The van der Waals surface area contributed by atoms with Crippen molar-refractivity contribution in [2.24, 2.45) is 4.99 Å². The molecule has 0 aromatic heterocycles. The predicted molar refractivity (Wildman–Crippen MR) is 99.5 cm³/mol. The third kappa shape index (κ3) is 5.16. The molecule has 23 heavy (non-hydrogen) atoms. The van der Waals surface area contributed by atoms with Gasteiger partial charge in [-0.3, -0.25) is 9.79 Å². The number of unbranched alkanes of at least 4 members (excludes halogenated alkanes) is 1. The van der Waals surface area contributed by atoms with Gasteiger partial charge in [0.05, 0.1) is 6.54 Å². The molecule has 1 aliphatic heterocycles. The molecule has 0 radical (unpaired) electrons. The van der Waals surface area contributed by atoms with Gasteiger partial charge < -0.3 is 15.5 Å². The Labute approximate surface area is 142 Å². The molecule has 1 aromatic carbocycles. The van der Waals surface area contributed by atoms with Gasteiger partial charge in [0.1, 0.15) is 0 Å². The number of para-hydroxylation sites is 1. The summed E-state index contributed by atoms with van der Waals surface area (Å²) in [4.78, 5) is 18.4. The zero-order valence-corrected chi connectivity index (χ0v) is 14.8. The van der Waals surface area contributed by atoms with Gasteiger partial charge in [-0.25, -0.2) is 0 Å². The maximum atomic E-state index is 12.4. The lowest BCUT2D eigenvalue weighted by Gasteiger charge is -2.18. The highest BCUT2D eigenvalue weighted by atomic mass is 32.2. The molecule has 2 N–H and O–H groups in total. The molecule has 0 atom stereocenters. The Hall–Kier alpha value is -1.69. The number of fused-ring (bicyclic) bond motifs is 1. The highest BCUT2D eigenvalue weighted by Crippen LogP contribution is 2.27. The van der Waals surface area contributed by atoms with Crippen LogP contribution in [-0.4, -0.2) is 50.6 Å². The quantitative estimate of drug-likeness (QED) is 0.454. The van der Waals surface area contributed by atoms with Crippen LogP contribution in [0, 0.1) is 0 Å². The molecule has 1 amide bonds. The van der Waals surface area contributed by atoms with Crippen LogP contribution in [0.15, 0.2) is 29.3 Å². The van der Waals surface area contributed by atoms with Crippen molar-refractivity contribution >= 4 is 29.3 Å². The molecular weight excluding hydrogens is 308 g/mol. The SMILES string of the molecule is CN=C(NCCCCSC)NCC(=O)N1CCc2ccccc21. The Balaban J connectivity index is 1.75. The number of carbonyl (C=O) groups excluding carboxylic acids is 1. The third-order valence-electron chi connectivity index (χ3n) is 3.89. The maximum absolute atomic E-state index is 12.4. The number of aliphatic imine (C=N–C) groups is 1. The molecular formula is C17H26N4OS. The molecule has 2 rings (SSSR count). The zero-order chi connectivity index (χ0) is 16.5. The van der Waals surface area contributed by atoms with Crippen LogP contribution in [0.5, 0.6) is 0 Å².